The van der Waals surface area contributed by atoms with E-state index in [1.54, 1.807) is 0 Å². The van der Waals surface area contributed by atoms with E-state index in [1.165, 1.54) is 38.1 Å². The molecule has 1 amide bonds. The van der Waals surface area contributed by atoms with Crippen molar-refractivity contribution in [3.63, 3.8) is 0 Å². The van der Waals surface area contributed by atoms with Gasteiger partial charge >= 0.3 is 6.09 Å². The van der Waals surface area contributed by atoms with Gasteiger partial charge in [-0.2, -0.15) is 0 Å². The highest BCUT2D eigenvalue weighted by Crippen LogP contribution is 2.31. The number of primary amides is 1. The number of nitrogens with one attached hydrogen (secondary N) is 1. The molecule has 0 unspecified atom stereocenters. The summed E-state index contributed by atoms with van der Waals surface area (Å²) in [5.74, 6) is 1.72. The van der Waals surface area contributed by atoms with Gasteiger partial charge in [0.15, 0.2) is 0 Å². The van der Waals surface area contributed by atoms with Crippen LogP contribution in [0.15, 0.2) is 0 Å². The van der Waals surface area contributed by atoms with Crippen molar-refractivity contribution in [1.29, 1.82) is 0 Å². The van der Waals surface area contributed by atoms with E-state index in [-0.39, 0.29) is 0 Å². The van der Waals surface area contributed by atoms with Gasteiger partial charge in [0, 0.05) is 14.1 Å². The number of hydrogen-bond donors (Lipinski definition) is 2. The molecule has 0 saturated heterocycles. The Morgan fingerprint density at radius 3 is 2.45 bits per heavy atom. The maximum atomic E-state index is 10.7. The molecule has 5 heteroatoms. The second-order valence-electron chi connectivity index (χ2n) is 8.28. The first-order valence-corrected chi connectivity index (χ1v) is 12.6. The minimum atomic E-state index is -1.00. The normalized spacial score (nSPS) is 24.0. The van der Waals surface area contributed by atoms with Gasteiger partial charge in [0.25, 0.3) is 0 Å². The van der Waals surface area contributed by atoms with Crippen molar-refractivity contribution in [3.8, 4) is 0 Å². The summed E-state index contributed by atoms with van der Waals surface area (Å²) in [6, 6.07) is 1.75. The second kappa shape index (κ2) is 9.56. The highest BCUT2D eigenvalue weighted by Gasteiger charge is 2.22. The van der Waals surface area contributed by atoms with Crippen LogP contribution in [0.5, 0.6) is 0 Å². The Balaban J connectivity index is 2.37. The SMILES string of the molecule is CC1CCC(C[C@@H](CCOC(N)=O)NCC[Si](C)(C)C)CC1. The Labute approximate surface area is 137 Å². The van der Waals surface area contributed by atoms with Gasteiger partial charge < -0.3 is 15.8 Å². The number of amides is 1. The predicted octanol–water partition coefficient (Wildman–Crippen LogP) is 3.98. The van der Waals surface area contributed by atoms with E-state index in [2.05, 4.69) is 31.9 Å². The van der Waals surface area contributed by atoms with Gasteiger partial charge in [0.05, 0.1) is 6.61 Å². The summed E-state index contributed by atoms with van der Waals surface area (Å²) in [6.07, 6.45) is 6.86. The Bertz CT molecular complexity index is 323. The van der Waals surface area contributed by atoms with E-state index in [4.69, 9.17) is 10.5 Å². The van der Waals surface area contributed by atoms with Crippen molar-refractivity contribution >= 4 is 14.2 Å². The van der Waals surface area contributed by atoms with Gasteiger partial charge in [-0.25, -0.2) is 4.79 Å². The van der Waals surface area contributed by atoms with Crippen molar-refractivity contribution in [2.75, 3.05) is 13.2 Å². The molecule has 0 aliphatic heterocycles. The van der Waals surface area contributed by atoms with Gasteiger partial charge in [0.1, 0.15) is 0 Å². The minimum absolute atomic E-state index is 0.434. The average Bonchev–Trinajstić information content (AvgIpc) is 2.39. The van der Waals surface area contributed by atoms with Crippen LogP contribution in [0.25, 0.3) is 0 Å². The molecule has 3 N–H and O–H groups in total. The zero-order valence-electron chi connectivity index (χ0n) is 15.0. The summed E-state index contributed by atoms with van der Waals surface area (Å²) in [5.41, 5.74) is 5.06. The van der Waals surface area contributed by atoms with Crippen molar-refractivity contribution < 1.29 is 9.53 Å². The minimum Gasteiger partial charge on any atom is -0.450 e. The van der Waals surface area contributed by atoms with E-state index >= 15 is 0 Å². The predicted molar refractivity (Wildman–Crippen MR) is 95.8 cm³/mol. The standard InChI is InChI=1S/C17H36N2O2Si/c1-14-5-7-15(8-6-14)13-16(9-11-21-17(18)20)19-10-12-22(2,3)4/h14-16,19H,5-13H2,1-4H3,(H2,18,20)/t14?,15?,16-/m1/s1. The van der Waals surface area contributed by atoms with Crippen molar-refractivity contribution in [2.45, 2.75) is 77.2 Å². The quantitative estimate of drug-likeness (QED) is 0.629. The summed E-state index contributed by atoms with van der Waals surface area (Å²) in [6.45, 7) is 11.1. The fourth-order valence-electron chi connectivity index (χ4n) is 3.22. The summed E-state index contributed by atoms with van der Waals surface area (Å²) in [7, 11) is -1.00. The first kappa shape index (κ1) is 19.5. The van der Waals surface area contributed by atoms with Gasteiger partial charge in [-0.15, -0.1) is 0 Å². The molecule has 0 aromatic heterocycles. The Morgan fingerprint density at radius 1 is 1.27 bits per heavy atom. The van der Waals surface area contributed by atoms with Crippen LogP contribution in [0, 0.1) is 11.8 Å². The molecule has 0 bridgehead atoms. The van der Waals surface area contributed by atoms with E-state index in [0.29, 0.717) is 12.6 Å². The molecule has 1 aliphatic carbocycles. The van der Waals surface area contributed by atoms with Crippen LogP contribution in [-0.4, -0.2) is 33.4 Å². The molecular formula is C17H36N2O2Si. The number of carbonyl (C=O) groups is 1. The molecule has 0 aromatic rings. The van der Waals surface area contributed by atoms with Crippen LogP contribution >= 0.6 is 0 Å². The van der Waals surface area contributed by atoms with E-state index in [1.807, 2.05) is 0 Å². The largest absolute Gasteiger partial charge is 0.450 e. The Hall–Kier alpha value is -0.553. The molecule has 0 aromatic carbocycles. The van der Waals surface area contributed by atoms with Gasteiger partial charge in [-0.05, 0) is 37.3 Å². The van der Waals surface area contributed by atoms with Crippen LogP contribution in [0.1, 0.15) is 45.4 Å². The first-order chi connectivity index (χ1) is 10.3. The lowest BCUT2D eigenvalue weighted by molar-refractivity contribution is 0.147. The summed E-state index contributed by atoms with van der Waals surface area (Å²) in [5, 5.41) is 3.71. The lowest BCUT2D eigenvalue weighted by atomic mass is 9.79. The van der Waals surface area contributed by atoms with Crippen molar-refractivity contribution in [1.82, 2.24) is 5.32 Å². The van der Waals surface area contributed by atoms with Crippen LogP contribution in [-0.2, 0) is 4.74 Å². The fourth-order valence-corrected chi connectivity index (χ4v) is 4.12. The molecule has 4 nitrogen and oxygen atoms in total. The number of hydrogen-bond acceptors (Lipinski definition) is 3. The summed E-state index contributed by atoms with van der Waals surface area (Å²) >= 11 is 0. The van der Waals surface area contributed by atoms with Gasteiger partial charge in [0.2, 0.25) is 0 Å². The molecule has 1 atom stereocenters. The third-order valence-corrected chi connectivity index (χ3v) is 6.52. The Morgan fingerprint density at radius 2 is 1.91 bits per heavy atom. The van der Waals surface area contributed by atoms with Gasteiger partial charge in [-0.3, -0.25) is 0 Å². The molecule has 22 heavy (non-hydrogen) atoms. The number of rotatable bonds is 9. The molecule has 1 saturated carbocycles. The van der Waals surface area contributed by atoms with Crippen LogP contribution < -0.4 is 11.1 Å². The zero-order chi connectivity index (χ0) is 16.6. The molecule has 0 spiro atoms. The van der Waals surface area contributed by atoms with Crippen LogP contribution in [0.2, 0.25) is 25.7 Å². The highest BCUT2D eigenvalue weighted by atomic mass is 28.3. The lowest BCUT2D eigenvalue weighted by Crippen LogP contribution is -2.37. The zero-order valence-corrected chi connectivity index (χ0v) is 16.0. The maximum absolute atomic E-state index is 10.7. The van der Waals surface area contributed by atoms with Gasteiger partial charge in [-0.1, -0.05) is 52.2 Å². The van der Waals surface area contributed by atoms with Crippen molar-refractivity contribution in [3.05, 3.63) is 0 Å². The number of ether oxygens (including phenoxy) is 1. The lowest BCUT2D eigenvalue weighted by Gasteiger charge is -2.30. The fraction of sp³-hybridized carbons (Fsp3) is 0.941. The summed E-state index contributed by atoms with van der Waals surface area (Å²) in [4.78, 5) is 10.7. The monoisotopic (exact) mass is 328 g/mol. The second-order valence-corrected chi connectivity index (χ2v) is 13.9. The molecule has 1 rings (SSSR count). The van der Waals surface area contributed by atoms with E-state index in [0.717, 1.165) is 24.8 Å². The molecule has 130 valence electrons. The van der Waals surface area contributed by atoms with Crippen molar-refractivity contribution in [2.24, 2.45) is 17.6 Å². The van der Waals surface area contributed by atoms with Crippen LogP contribution in [0.3, 0.4) is 0 Å². The van der Waals surface area contributed by atoms with E-state index < -0.39 is 14.2 Å². The molecular weight excluding hydrogens is 292 g/mol. The smallest absolute Gasteiger partial charge is 0.404 e. The maximum Gasteiger partial charge on any atom is 0.404 e. The Kier molecular flexibility index (Phi) is 8.47. The molecule has 1 fully saturated rings. The third kappa shape index (κ3) is 9.46. The first-order valence-electron chi connectivity index (χ1n) is 8.92. The third-order valence-electron chi connectivity index (χ3n) is 4.77. The average molecular weight is 329 g/mol. The van der Waals surface area contributed by atoms with Crippen LogP contribution in [0.4, 0.5) is 4.79 Å². The highest BCUT2D eigenvalue weighted by molar-refractivity contribution is 6.76. The number of carbonyl (C=O) groups excluding carboxylic acids is 1. The topological polar surface area (TPSA) is 64.3 Å². The molecule has 0 heterocycles. The number of nitrogens with two attached hydrogens (primary N) is 1. The molecule has 1 aliphatic rings. The molecule has 0 radical (unpaired) electrons. The summed E-state index contributed by atoms with van der Waals surface area (Å²) < 4.78 is 4.93. The van der Waals surface area contributed by atoms with E-state index in [9.17, 15) is 4.79 Å².